The minimum Gasteiger partial charge on any atom is -0.315 e. The molecule has 3 heteroatoms. The summed E-state index contributed by atoms with van der Waals surface area (Å²) in [7, 11) is 5.87. The van der Waals surface area contributed by atoms with Crippen LogP contribution in [0.3, 0.4) is 0 Å². The van der Waals surface area contributed by atoms with E-state index in [0.717, 1.165) is 13.1 Å². The van der Waals surface area contributed by atoms with E-state index < -0.39 is 0 Å². The van der Waals surface area contributed by atoms with E-state index in [1.807, 2.05) is 21.1 Å². The molecule has 0 aliphatic heterocycles. The lowest BCUT2D eigenvalue weighted by Crippen LogP contribution is -2.49. The van der Waals surface area contributed by atoms with Gasteiger partial charge in [0, 0.05) is 6.54 Å². The van der Waals surface area contributed by atoms with Crippen LogP contribution >= 0.6 is 0 Å². The molecule has 0 aromatic carbocycles. The molecule has 0 rings (SSSR count). The van der Waals surface area contributed by atoms with Crippen molar-refractivity contribution in [1.29, 1.82) is 0 Å². The molecule has 0 bridgehead atoms. The molecule has 0 unspecified atom stereocenters. The smallest absolute Gasteiger partial charge is 0.108 e. The molecule has 3 nitrogen and oxygen atoms in total. The highest BCUT2D eigenvalue weighted by molar-refractivity contribution is 4.32. The Morgan fingerprint density at radius 3 is 2.12 bits per heavy atom. The fourth-order valence-corrected chi connectivity index (χ4v) is 0.400. The van der Waals surface area contributed by atoms with Gasteiger partial charge in [0.05, 0.1) is 14.1 Å². The normalized spacial score (nSPS) is 12.0. The van der Waals surface area contributed by atoms with Gasteiger partial charge in [-0.25, -0.2) is 0 Å². The first-order chi connectivity index (χ1) is 3.56. The molecular formula is C5H16N3+. The minimum atomic E-state index is 0.542. The van der Waals surface area contributed by atoms with Crippen molar-refractivity contribution < 1.29 is 4.59 Å². The average molecular weight is 118 g/mol. The Bertz CT molecular complexity index is 55.2. The highest BCUT2D eigenvalue weighted by atomic mass is 15.5. The van der Waals surface area contributed by atoms with Crippen molar-refractivity contribution >= 4 is 0 Å². The Morgan fingerprint density at radius 1 is 1.50 bits per heavy atom. The molecule has 8 heavy (non-hydrogen) atoms. The van der Waals surface area contributed by atoms with Crippen LogP contribution < -0.4 is 11.2 Å². The van der Waals surface area contributed by atoms with Gasteiger partial charge in [0.25, 0.3) is 0 Å². The third-order valence-corrected chi connectivity index (χ3v) is 0.938. The number of likely N-dealkylation sites (N-methyl/N-ethyl adjacent to an activating group) is 2. The van der Waals surface area contributed by atoms with Crippen molar-refractivity contribution in [3.63, 3.8) is 0 Å². The zero-order chi connectivity index (χ0) is 6.62. The van der Waals surface area contributed by atoms with E-state index in [9.17, 15) is 0 Å². The molecule has 0 fully saturated rings. The van der Waals surface area contributed by atoms with Crippen molar-refractivity contribution in [2.24, 2.45) is 5.84 Å². The summed E-state index contributed by atoms with van der Waals surface area (Å²) >= 11 is 0. The summed E-state index contributed by atoms with van der Waals surface area (Å²) in [6.07, 6.45) is 0. The number of rotatable bonds is 3. The highest BCUT2D eigenvalue weighted by Gasteiger charge is 2.04. The third-order valence-electron chi connectivity index (χ3n) is 0.938. The topological polar surface area (TPSA) is 38.0 Å². The number of nitrogens with one attached hydrogen (secondary N) is 1. The Labute approximate surface area is 51.0 Å². The number of hydrogen-bond donors (Lipinski definition) is 2. The molecule has 0 radical (unpaired) electrons. The fraction of sp³-hybridized carbons (Fsp3) is 1.00. The van der Waals surface area contributed by atoms with Gasteiger partial charge in [-0.2, -0.15) is 5.84 Å². The van der Waals surface area contributed by atoms with E-state index in [1.165, 1.54) is 0 Å². The van der Waals surface area contributed by atoms with E-state index in [2.05, 4.69) is 5.32 Å². The lowest BCUT2D eigenvalue weighted by Gasteiger charge is -2.21. The molecule has 0 aromatic heterocycles. The molecule has 0 saturated carbocycles. The Morgan fingerprint density at radius 2 is 2.00 bits per heavy atom. The van der Waals surface area contributed by atoms with Crippen LogP contribution in [0.1, 0.15) is 0 Å². The standard InChI is InChI=1S/C5H16N3/c1-7-4-5-8(2,3)6/h7H,4-6H2,1-3H3/q+1. The summed E-state index contributed by atoms with van der Waals surface area (Å²) in [5, 5.41) is 3.03. The maximum Gasteiger partial charge on any atom is 0.108 e. The van der Waals surface area contributed by atoms with Gasteiger partial charge in [-0.15, -0.1) is 0 Å². The zero-order valence-corrected chi connectivity index (χ0v) is 5.94. The van der Waals surface area contributed by atoms with Crippen LogP contribution in [0.25, 0.3) is 0 Å². The maximum absolute atomic E-state index is 5.62. The largest absolute Gasteiger partial charge is 0.315 e. The molecule has 0 aliphatic carbocycles. The first-order valence-electron chi connectivity index (χ1n) is 2.82. The monoisotopic (exact) mass is 118 g/mol. The van der Waals surface area contributed by atoms with Crippen molar-refractivity contribution in [3.8, 4) is 0 Å². The molecule has 0 spiro atoms. The second-order valence-corrected chi connectivity index (χ2v) is 2.61. The first kappa shape index (κ1) is 7.88. The van der Waals surface area contributed by atoms with E-state index in [0.29, 0.717) is 4.59 Å². The molecular weight excluding hydrogens is 102 g/mol. The summed E-state index contributed by atoms with van der Waals surface area (Å²) < 4.78 is 0.542. The van der Waals surface area contributed by atoms with Crippen LogP contribution in [0.4, 0.5) is 0 Å². The van der Waals surface area contributed by atoms with Crippen LogP contribution in [0.2, 0.25) is 0 Å². The number of nitrogens with two attached hydrogens (primary N) is 1. The van der Waals surface area contributed by atoms with Crippen molar-refractivity contribution in [2.75, 3.05) is 34.2 Å². The van der Waals surface area contributed by atoms with Gasteiger partial charge in [-0.1, -0.05) is 0 Å². The molecule has 0 amide bonds. The van der Waals surface area contributed by atoms with Crippen LogP contribution in [-0.2, 0) is 0 Å². The SMILES string of the molecule is CNCC[N+](C)(C)N. The average Bonchev–Trinajstić information content (AvgIpc) is 1.59. The third kappa shape index (κ3) is 5.88. The lowest BCUT2D eigenvalue weighted by atomic mass is 10.5. The zero-order valence-electron chi connectivity index (χ0n) is 5.94. The molecule has 50 valence electrons. The van der Waals surface area contributed by atoms with Crippen LogP contribution in [0.15, 0.2) is 0 Å². The molecule has 0 aliphatic rings. The summed E-state index contributed by atoms with van der Waals surface area (Å²) in [6.45, 7) is 1.94. The van der Waals surface area contributed by atoms with Crippen molar-refractivity contribution in [3.05, 3.63) is 0 Å². The molecule has 0 atom stereocenters. The number of hydrogen-bond acceptors (Lipinski definition) is 2. The van der Waals surface area contributed by atoms with Crippen molar-refractivity contribution in [1.82, 2.24) is 5.32 Å². The van der Waals surface area contributed by atoms with Gasteiger partial charge in [0.15, 0.2) is 0 Å². The fourth-order valence-electron chi connectivity index (χ4n) is 0.400. The van der Waals surface area contributed by atoms with Crippen LogP contribution in [0, 0.1) is 0 Å². The second-order valence-electron chi connectivity index (χ2n) is 2.61. The molecule has 0 saturated heterocycles. The maximum atomic E-state index is 5.62. The first-order valence-corrected chi connectivity index (χ1v) is 2.82. The van der Waals surface area contributed by atoms with Gasteiger partial charge in [-0.05, 0) is 7.05 Å². The Kier molecular flexibility index (Phi) is 2.97. The minimum absolute atomic E-state index is 0.542. The predicted octanol–water partition coefficient (Wildman–Crippen LogP) is -0.844. The molecule has 0 aromatic rings. The quantitative estimate of drug-likeness (QED) is 0.288. The van der Waals surface area contributed by atoms with E-state index >= 15 is 0 Å². The van der Waals surface area contributed by atoms with Crippen molar-refractivity contribution in [2.45, 2.75) is 0 Å². The highest BCUT2D eigenvalue weighted by Crippen LogP contribution is 1.79. The van der Waals surface area contributed by atoms with Gasteiger partial charge in [-0.3, -0.25) is 4.59 Å². The number of quaternary nitrogens is 1. The van der Waals surface area contributed by atoms with E-state index in [-0.39, 0.29) is 0 Å². The Balaban J connectivity index is 3.11. The number of nitrogens with zero attached hydrogens (tertiary/aromatic N) is 1. The van der Waals surface area contributed by atoms with Crippen LogP contribution in [0.5, 0.6) is 0 Å². The van der Waals surface area contributed by atoms with Gasteiger partial charge in [0.2, 0.25) is 0 Å². The second kappa shape index (κ2) is 3.02. The lowest BCUT2D eigenvalue weighted by molar-refractivity contribution is -0.901. The summed E-state index contributed by atoms with van der Waals surface area (Å²) in [5.74, 6) is 5.62. The molecule has 3 N–H and O–H groups in total. The predicted molar refractivity (Wildman–Crippen MR) is 35.1 cm³/mol. The van der Waals surface area contributed by atoms with Gasteiger partial charge < -0.3 is 5.32 Å². The summed E-state index contributed by atoms with van der Waals surface area (Å²) in [6, 6.07) is 0. The van der Waals surface area contributed by atoms with E-state index in [1.54, 1.807) is 0 Å². The van der Waals surface area contributed by atoms with Gasteiger partial charge in [0.1, 0.15) is 6.54 Å². The van der Waals surface area contributed by atoms with Gasteiger partial charge >= 0.3 is 0 Å². The Hall–Kier alpha value is -0.120. The van der Waals surface area contributed by atoms with Crippen LogP contribution in [-0.4, -0.2) is 38.8 Å². The summed E-state index contributed by atoms with van der Waals surface area (Å²) in [4.78, 5) is 0. The molecule has 0 heterocycles. The summed E-state index contributed by atoms with van der Waals surface area (Å²) in [5.41, 5.74) is 0. The van der Waals surface area contributed by atoms with E-state index in [4.69, 9.17) is 5.84 Å².